The maximum absolute atomic E-state index is 12.3. The molecule has 0 saturated heterocycles. The smallest absolute Gasteiger partial charge is 0.342 e. The SMILES string of the molecule is Cc1c(C(=O)OCC(=O)c2ccc3c(c2)OCO3)cnn1-c1ccccn1. The molecule has 0 bridgehead atoms. The van der Waals surface area contributed by atoms with Crippen LogP contribution in [0.1, 0.15) is 26.4 Å². The number of ether oxygens (including phenoxy) is 3. The van der Waals surface area contributed by atoms with Crippen molar-refractivity contribution in [2.45, 2.75) is 6.92 Å². The topological polar surface area (TPSA) is 92.5 Å². The number of nitrogens with zero attached hydrogens (tertiary/aromatic N) is 3. The van der Waals surface area contributed by atoms with Gasteiger partial charge in [-0.15, -0.1) is 0 Å². The zero-order valence-electron chi connectivity index (χ0n) is 14.4. The Morgan fingerprint density at radius 2 is 2.04 bits per heavy atom. The van der Waals surface area contributed by atoms with Crippen LogP contribution in [0.5, 0.6) is 11.5 Å². The Kier molecular flexibility index (Phi) is 4.29. The first-order valence-electron chi connectivity index (χ1n) is 8.19. The summed E-state index contributed by atoms with van der Waals surface area (Å²) in [4.78, 5) is 28.8. The number of aromatic nitrogens is 3. The number of esters is 1. The molecule has 27 heavy (non-hydrogen) atoms. The minimum Gasteiger partial charge on any atom is -0.454 e. The summed E-state index contributed by atoms with van der Waals surface area (Å²) in [7, 11) is 0. The van der Waals surface area contributed by atoms with Crippen LogP contribution in [-0.4, -0.2) is 39.9 Å². The highest BCUT2D eigenvalue weighted by Crippen LogP contribution is 2.32. The Bertz CT molecular complexity index is 1010. The molecule has 0 amide bonds. The lowest BCUT2D eigenvalue weighted by Gasteiger charge is -2.06. The standard InChI is InChI=1S/C19H15N3O5/c1-12-14(9-21-22(12)18-4-2-3-7-20-18)19(24)25-10-15(23)13-5-6-16-17(8-13)27-11-26-16/h2-9H,10-11H2,1H3. The highest BCUT2D eigenvalue weighted by Gasteiger charge is 2.20. The van der Waals surface area contributed by atoms with Crippen molar-refractivity contribution in [3.8, 4) is 17.3 Å². The van der Waals surface area contributed by atoms with E-state index in [-0.39, 0.29) is 24.7 Å². The van der Waals surface area contributed by atoms with E-state index in [1.807, 2.05) is 6.07 Å². The van der Waals surface area contributed by atoms with Gasteiger partial charge in [-0.1, -0.05) is 6.07 Å². The lowest BCUT2D eigenvalue weighted by atomic mass is 10.1. The number of hydrogen-bond donors (Lipinski definition) is 0. The fourth-order valence-electron chi connectivity index (χ4n) is 2.68. The number of fused-ring (bicyclic) bond motifs is 1. The Balaban J connectivity index is 1.44. The summed E-state index contributed by atoms with van der Waals surface area (Å²) in [5.74, 6) is 0.714. The van der Waals surface area contributed by atoms with Gasteiger partial charge in [-0.2, -0.15) is 5.10 Å². The summed E-state index contributed by atoms with van der Waals surface area (Å²) in [5.41, 5.74) is 1.24. The molecule has 0 fully saturated rings. The van der Waals surface area contributed by atoms with Gasteiger partial charge < -0.3 is 14.2 Å². The van der Waals surface area contributed by atoms with E-state index in [1.165, 1.54) is 10.9 Å². The van der Waals surface area contributed by atoms with E-state index in [2.05, 4.69) is 10.1 Å². The van der Waals surface area contributed by atoms with E-state index in [0.29, 0.717) is 28.6 Å². The third-order valence-electron chi connectivity index (χ3n) is 4.12. The second-order valence-electron chi connectivity index (χ2n) is 5.81. The minimum absolute atomic E-state index is 0.126. The zero-order chi connectivity index (χ0) is 18.8. The fraction of sp³-hybridized carbons (Fsp3) is 0.158. The van der Waals surface area contributed by atoms with Crippen LogP contribution in [-0.2, 0) is 4.74 Å². The first-order chi connectivity index (χ1) is 13.1. The molecule has 0 aliphatic carbocycles. The van der Waals surface area contributed by atoms with E-state index >= 15 is 0 Å². The summed E-state index contributed by atoms with van der Waals surface area (Å²) in [5, 5.41) is 4.17. The molecule has 0 unspecified atom stereocenters. The number of ketones is 1. The molecule has 136 valence electrons. The van der Waals surface area contributed by atoms with Gasteiger partial charge in [0.1, 0.15) is 5.56 Å². The molecule has 0 radical (unpaired) electrons. The average Bonchev–Trinajstić information content (AvgIpc) is 3.32. The molecule has 1 aliphatic heterocycles. The quantitative estimate of drug-likeness (QED) is 0.506. The van der Waals surface area contributed by atoms with Gasteiger partial charge in [-0.25, -0.2) is 14.5 Å². The number of hydrogen-bond acceptors (Lipinski definition) is 7. The highest BCUT2D eigenvalue weighted by atomic mass is 16.7. The molecule has 8 heteroatoms. The monoisotopic (exact) mass is 365 g/mol. The van der Waals surface area contributed by atoms with Gasteiger partial charge in [-0.05, 0) is 37.3 Å². The van der Waals surface area contributed by atoms with Crippen molar-refractivity contribution in [3.63, 3.8) is 0 Å². The van der Waals surface area contributed by atoms with Crippen molar-refractivity contribution in [2.75, 3.05) is 13.4 Å². The Hall–Kier alpha value is -3.68. The van der Waals surface area contributed by atoms with Crippen molar-refractivity contribution in [1.82, 2.24) is 14.8 Å². The van der Waals surface area contributed by atoms with Gasteiger partial charge in [0.05, 0.1) is 11.9 Å². The van der Waals surface area contributed by atoms with Gasteiger partial charge in [0.15, 0.2) is 29.7 Å². The minimum atomic E-state index is -0.622. The van der Waals surface area contributed by atoms with Gasteiger partial charge in [0.25, 0.3) is 0 Å². The molecule has 4 rings (SSSR count). The molecule has 1 aromatic carbocycles. The molecular formula is C19H15N3O5. The van der Waals surface area contributed by atoms with Crippen LogP contribution in [0.2, 0.25) is 0 Å². The highest BCUT2D eigenvalue weighted by molar-refractivity contribution is 6.00. The Labute approximate surface area is 154 Å². The molecule has 1 aliphatic rings. The second-order valence-corrected chi connectivity index (χ2v) is 5.81. The third kappa shape index (κ3) is 3.24. The van der Waals surface area contributed by atoms with Crippen molar-refractivity contribution >= 4 is 11.8 Å². The molecule has 0 spiro atoms. The Morgan fingerprint density at radius 1 is 1.19 bits per heavy atom. The first kappa shape index (κ1) is 16.8. The van der Waals surface area contributed by atoms with Crippen LogP contribution in [0.4, 0.5) is 0 Å². The van der Waals surface area contributed by atoms with Gasteiger partial charge in [-0.3, -0.25) is 4.79 Å². The molecule has 0 N–H and O–H groups in total. The largest absolute Gasteiger partial charge is 0.454 e. The molecular weight excluding hydrogens is 350 g/mol. The number of carbonyl (C=O) groups is 2. The lowest BCUT2D eigenvalue weighted by Crippen LogP contribution is -2.15. The summed E-state index contributed by atoms with van der Waals surface area (Å²) in [6.07, 6.45) is 3.04. The van der Waals surface area contributed by atoms with E-state index in [1.54, 1.807) is 43.5 Å². The Morgan fingerprint density at radius 3 is 2.85 bits per heavy atom. The number of Topliss-reactive ketones (excluding diaryl/α,β-unsaturated/α-hetero) is 1. The molecule has 3 aromatic rings. The number of rotatable bonds is 5. The van der Waals surface area contributed by atoms with Crippen molar-refractivity contribution < 1.29 is 23.8 Å². The lowest BCUT2D eigenvalue weighted by molar-refractivity contribution is 0.0474. The maximum atomic E-state index is 12.3. The van der Waals surface area contributed by atoms with Gasteiger partial charge in [0, 0.05) is 11.8 Å². The molecule has 0 saturated carbocycles. The number of pyridine rings is 1. The normalized spacial score (nSPS) is 12.0. The van der Waals surface area contributed by atoms with E-state index < -0.39 is 5.97 Å². The second kappa shape index (κ2) is 6.91. The van der Waals surface area contributed by atoms with Crippen LogP contribution in [0.3, 0.4) is 0 Å². The summed E-state index contributed by atoms with van der Waals surface area (Å²) in [6.45, 7) is 1.48. The predicted octanol–water partition coefficient (Wildman–Crippen LogP) is 2.34. The third-order valence-corrected chi connectivity index (χ3v) is 4.12. The van der Waals surface area contributed by atoms with Gasteiger partial charge in [0.2, 0.25) is 6.79 Å². The van der Waals surface area contributed by atoms with Crippen molar-refractivity contribution in [2.24, 2.45) is 0 Å². The van der Waals surface area contributed by atoms with Gasteiger partial charge >= 0.3 is 5.97 Å². The predicted molar refractivity (Wildman–Crippen MR) is 93.3 cm³/mol. The van der Waals surface area contributed by atoms with Crippen LogP contribution >= 0.6 is 0 Å². The van der Waals surface area contributed by atoms with E-state index in [0.717, 1.165) is 0 Å². The number of benzene rings is 1. The molecule has 3 heterocycles. The van der Waals surface area contributed by atoms with Crippen molar-refractivity contribution in [1.29, 1.82) is 0 Å². The molecule has 8 nitrogen and oxygen atoms in total. The molecule has 0 atom stereocenters. The van der Waals surface area contributed by atoms with E-state index in [9.17, 15) is 9.59 Å². The van der Waals surface area contributed by atoms with Crippen LogP contribution in [0.15, 0.2) is 48.8 Å². The van der Waals surface area contributed by atoms with E-state index in [4.69, 9.17) is 14.2 Å². The van der Waals surface area contributed by atoms with Crippen LogP contribution in [0, 0.1) is 6.92 Å². The first-order valence-corrected chi connectivity index (χ1v) is 8.19. The zero-order valence-corrected chi connectivity index (χ0v) is 14.4. The summed E-state index contributed by atoms with van der Waals surface area (Å²) in [6, 6.07) is 10.2. The summed E-state index contributed by atoms with van der Waals surface area (Å²) >= 11 is 0. The fourth-order valence-corrected chi connectivity index (χ4v) is 2.68. The summed E-state index contributed by atoms with van der Waals surface area (Å²) < 4.78 is 17.2. The maximum Gasteiger partial charge on any atom is 0.342 e. The van der Waals surface area contributed by atoms with Crippen LogP contribution < -0.4 is 9.47 Å². The van der Waals surface area contributed by atoms with Crippen LogP contribution in [0.25, 0.3) is 5.82 Å². The molecule has 2 aromatic heterocycles. The van der Waals surface area contributed by atoms with Crippen molar-refractivity contribution in [3.05, 3.63) is 65.6 Å². The average molecular weight is 365 g/mol. The number of carbonyl (C=O) groups excluding carboxylic acids is 2.